The van der Waals surface area contributed by atoms with Crippen LogP contribution in [0.3, 0.4) is 0 Å². The Labute approximate surface area is 197 Å². The SMILES string of the molecule is Cl.Cl.NC[C@@H]1CN(C(=O)CC2CN(Cc3ccccc3)CCO2)C[C@H]1c1ccccc1. The Morgan fingerprint density at radius 2 is 1.65 bits per heavy atom. The maximum Gasteiger partial charge on any atom is 0.225 e. The number of halogens is 2. The molecule has 2 aliphatic heterocycles. The Hall–Kier alpha value is -1.63. The maximum absolute atomic E-state index is 13.0. The molecule has 170 valence electrons. The molecule has 31 heavy (non-hydrogen) atoms. The summed E-state index contributed by atoms with van der Waals surface area (Å²) in [5.41, 5.74) is 8.61. The minimum Gasteiger partial charge on any atom is -0.375 e. The molecular weight excluding hydrogens is 433 g/mol. The lowest BCUT2D eigenvalue weighted by atomic mass is 9.89. The maximum atomic E-state index is 13.0. The molecule has 2 aliphatic rings. The first-order chi connectivity index (χ1) is 14.2. The van der Waals surface area contributed by atoms with Gasteiger partial charge in [0.2, 0.25) is 5.91 Å². The number of morpholine rings is 1. The number of ether oxygens (including phenoxy) is 1. The van der Waals surface area contributed by atoms with Gasteiger partial charge in [0, 0.05) is 38.6 Å². The van der Waals surface area contributed by atoms with Crippen LogP contribution in [0.5, 0.6) is 0 Å². The average molecular weight is 466 g/mol. The number of rotatable bonds is 6. The summed E-state index contributed by atoms with van der Waals surface area (Å²) in [6.45, 7) is 5.41. The van der Waals surface area contributed by atoms with Gasteiger partial charge in [-0.2, -0.15) is 0 Å². The van der Waals surface area contributed by atoms with E-state index in [2.05, 4.69) is 53.4 Å². The van der Waals surface area contributed by atoms with Gasteiger partial charge in [0.15, 0.2) is 0 Å². The van der Waals surface area contributed by atoms with E-state index < -0.39 is 0 Å². The van der Waals surface area contributed by atoms with Crippen LogP contribution in [0.2, 0.25) is 0 Å². The summed E-state index contributed by atoms with van der Waals surface area (Å²) in [6.07, 6.45) is 0.413. The molecule has 2 heterocycles. The Bertz CT molecular complexity index is 794. The normalized spacial score (nSPS) is 23.6. The van der Waals surface area contributed by atoms with Crippen LogP contribution < -0.4 is 5.73 Å². The van der Waals surface area contributed by atoms with Crippen molar-refractivity contribution in [3.05, 3.63) is 71.8 Å². The van der Waals surface area contributed by atoms with Crippen molar-refractivity contribution in [1.82, 2.24) is 9.80 Å². The molecule has 2 saturated heterocycles. The highest BCUT2D eigenvalue weighted by atomic mass is 35.5. The molecule has 0 radical (unpaired) electrons. The number of likely N-dealkylation sites (tertiary alicyclic amines) is 1. The highest BCUT2D eigenvalue weighted by Crippen LogP contribution is 2.32. The second kappa shape index (κ2) is 12.4. The summed E-state index contributed by atoms with van der Waals surface area (Å²) in [5.74, 6) is 0.837. The van der Waals surface area contributed by atoms with Crippen molar-refractivity contribution in [2.75, 3.05) is 39.3 Å². The fraction of sp³-hybridized carbons (Fsp3) is 0.458. The molecule has 2 aromatic carbocycles. The number of nitrogens with two attached hydrogens (primary N) is 1. The number of hydrogen-bond acceptors (Lipinski definition) is 4. The van der Waals surface area contributed by atoms with Gasteiger partial charge >= 0.3 is 0 Å². The molecule has 0 aromatic heterocycles. The minimum atomic E-state index is -0.0351. The van der Waals surface area contributed by atoms with E-state index in [9.17, 15) is 4.79 Å². The van der Waals surface area contributed by atoms with Crippen LogP contribution in [0.1, 0.15) is 23.5 Å². The van der Waals surface area contributed by atoms with Crippen molar-refractivity contribution >= 4 is 30.7 Å². The predicted octanol–water partition coefficient (Wildman–Crippen LogP) is 3.32. The average Bonchev–Trinajstić information content (AvgIpc) is 3.20. The molecule has 1 unspecified atom stereocenters. The highest BCUT2D eigenvalue weighted by molar-refractivity contribution is 5.85. The van der Waals surface area contributed by atoms with Crippen LogP contribution in [-0.4, -0.2) is 61.1 Å². The summed E-state index contributed by atoms with van der Waals surface area (Å²) >= 11 is 0. The van der Waals surface area contributed by atoms with Crippen LogP contribution in [-0.2, 0) is 16.1 Å². The minimum absolute atomic E-state index is 0. The lowest BCUT2D eigenvalue weighted by Crippen LogP contribution is -2.44. The van der Waals surface area contributed by atoms with Gasteiger partial charge in [-0.25, -0.2) is 0 Å². The van der Waals surface area contributed by atoms with Crippen LogP contribution in [0.15, 0.2) is 60.7 Å². The molecule has 2 N–H and O–H groups in total. The summed E-state index contributed by atoms with van der Waals surface area (Å²) in [4.78, 5) is 17.4. The third-order valence-electron chi connectivity index (χ3n) is 6.20. The Morgan fingerprint density at radius 1 is 0.968 bits per heavy atom. The molecule has 7 heteroatoms. The molecule has 4 rings (SSSR count). The first kappa shape index (κ1) is 25.6. The molecule has 2 fully saturated rings. The van der Waals surface area contributed by atoms with E-state index in [1.54, 1.807) is 0 Å². The lowest BCUT2D eigenvalue weighted by Gasteiger charge is -2.33. The molecule has 0 aliphatic carbocycles. The number of nitrogens with zero attached hydrogens (tertiary/aromatic N) is 2. The van der Waals surface area contributed by atoms with Crippen LogP contribution >= 0.6 is 24.8 Å². The van der Waals surface area contributed by atoms with Gasteiger partial charge in [0.05, 0.1) is 19.1 Å². The first-order valence-electron chi connectivity index (χ1n) is 10.6. The quantitative estimate of drug-likeness (QED) is 0.710. The van der Waals surface area contributed by atoms with Gasteiger partial charge in [-0.05, 0) is 23.6 Å². The summed E-state index contributed by atoms with van der Waals surface area (Å²) in [6, 6.07) is 20.9. The predicted molar refractivity (Wildman–Crippen MR) is 129 cm³/mol. The van der Waals surface area contributed by atoms with Crippen LogP contribution in [0.25, 0.3) is 0 Å². The van der Waals surface area contributed by atoms with Crippen molar-refractivity contribution in [2.45, 2.75) is 25.0 Å². The zero-order valence-corrected chi connectivity index (χ0v) is 19.4. The van der Waals surface area contributed by atoms with E-state index in [1.165, 1.54) is 11.1 Å². The van der Waals surface area contributed by atoms with E-state index in [4.69, 9.17) is 10.5 Å². The molecule has 5 nitrogen and oxygen atoms in total. The van der Waals surface area contributed by atoms with E-state index in [0.29, 0.717) is 31.4 Å². The summed E-state index contributed by atoms with van der Waals surface area (Å²) in [5, 5.41) is 0. The number of amides is 1. The van der Waals surface area contributed by atoms with Crippen molar-refractivity contribution < 1.29 is 9.53 Å². The molecule has 3 atom stereocenters. The number of carbonyl (C=O) groups excluding carboxylic acids is 1. The van der Waals surface area contributed by atoms with Crippen molar-refractivity contribution in [2.24, 2.45) is 11.7 Å². The summed E-state index contributed by atoms with van der Waals surface area (Å²) < 4.78 is 5.93. The van der Waals surface area contributed by atoms with Crippen molar-refractivity contribution in [1.29, 1.82) is 0 Å². The number of hydrogen-bond donors (Lipinski definition) is 1. The smallest absolute Gasteiger partial charge is 0.225 e. The van der Waals surface area contributed by atoms with Gasteiger partial charge in [-0.15, -0.1) is 24.8 Å². The Balaban J connectivity index is 0.00000171. The second-order valence-electron chi connectivity index (χ2n) is 8.23. The topological polar surface area (TPSA) is 58.8 Å². The molecular formula is C24H33Cl2N3O2. The van der Waals surface area contributed by atoms with Crippen molar-refractivity contribution in [3.63, 3.8) is 0 Å². The van der Waals surface area contributed by atoms with E-state index >= 15 is 0 Å². The summed E-state index contributed by atoms with van der Waals surface area (Å²) in [7, 11) is 0. The first-order valence-corrected chi connectivity index (χ1v) is 10.6. The van der Waals surface area contributed by atoms with Gasteiger partial charge < -0.3 is 15.4 Å². The molecule has 1 amide bonds. The lowest BCUT2D eigenvalue weighted by molar-refractivity contribution is -0.135. The largest absolute Gasteiger partial charge is 0.375 e. The highest BCUT2D eigenvalue weighted by Gasteiger charge is 2.36. The zero-order valence-electron chi connectivity index (χ0n) is 17.8. The zero-order chi connectivity index (χ0) is 20.1. The Morgan fingerprint density at radius 3 is 2.32 bits per heavy atom. The third kappa shape index (κ3) is 6.67. The van der Waals surface area contributed by atoms with Gasteiger partial charge in [-0.3, -0.25) is 9.69 Å². The van der Waals surface area contributed by atoms with Gasteiger partial charge in [0.1, 0.15) is 0 Å². The van der Waals surface area contributed by atoms with Crippen LogP contribution in [0, 0.1) is 5.92 Å². The molecule has 0 bridgehead atoms. The standard InChI is InChI=1S/C24H31N3O2.2ClH/c25-14-21-16-27(18-23(21)20-9-5-2-6-10-20)24(28)13-22-17-26(11-12-29-22)15-19-7-3-1-4-8-19;;/h1-10,21-23H,11-18,25H2;2*1H/t21-,22?,23+;;/m1../s1. The Kier molecular flexibility index (Phi) is 10.3. The monoisotopic (exact) mass is 465 g/mol. The van der Waals surface area contributed by atoms with E-state index in [1.807, 2.05) is 17.0 Å². The van der Waals surface area contributed by atoms with Crippen molar-refractivity contribution in [3.8, 4) is 0 Å². The second-order valence-corrected chi connectivity index (χ2v) is 8.23. The molecule has 0 saturated carbocycles. The van der Waals surface area contributed by atoms with Crippen LogP contribution in [0.4, 0.5) is 0 Å². The van der Waals surface area contributed by atoms with Gasteiger partial charge in [-0.1, -0.05) is 60.7 Å². The van der Waals surface area contributed by atoms with E-state index in [-0.39, 0.29) is 36.8 Å². The third-order valence-corrected chi connectivity index (χ3v) is 6.20. The number of benzene rings is 2. The molecule has 2 aromatic rings. The number of carbonyl (C=O) groups is 1. The van der Waals surface area contributed by atoms with E-state index in [0.717, 1.165) is 32.7 Å². The fourth-order valence-corrected chi connectivity index (χ4v) is 4.60. The fourth-order valence-electron chi connectivity index (χ4n) is 4.60. The van der Waals surface area contributed by atoms with Gasteiger partial charge in [0.25, 0.3) is 0 Å². The molecule has 0 spiro atoms.